The largest absolute Gasteiger partial charge is 0.351 e. The first-order valence-corrected chi connectivity index (χ1v) is 3.93. The number of ether oxygens (including phenoxy) is 2. The van der Waals surface area contributed by atoms with Crippen molar-refractivity contribution in [3.63, 3.8) is 0 Å². The predicted molar refractivity (Wildman–Crippen MR) is 39.3 cm³/mol. The van der Waals surface area contributed by atoms with Gasteiger partial charge in [-0.25, -0.2) is 0 Å². The zero-order chi connectivity index (χ0) is 7.23. The third kappa shape index (κ3) is 2.67. The van der Waals surface area contributed by atoms with Crippen molar-refractivity contribution in [3.05, 3.63) is 6.79 Å². The van der Waals surface area contributed by atoms with E-state index in [1.807, 2.05) is 0 Å². The third-order valence-electron chi connectivity index (χ3n) is 1.90. The highest BCUT2D eigenvalue weighted by molar-refractivity contribution is 4.65. The zero-order valence-electron chi connectivity index (χ0n) is 6.51. The van der Waals surface area contributed by atoms with Crippen LogP contribution in [0.5, 0.6) is 0 Å². The summed E-state index contributed by atoms with van der Waals surface area (Å²) < 4.78 is 9.98. The Balaban J connectivity index is 2.02. The molecule has 0 heterocycles. The number of methoxy groups -OCH3 is 1. The highest BCUT2D eigenvalue weighted by atomic mass is 16.7. The summed E-state index contributed by atoms with van der Waals surface area (Å²) in [7, 11) is 1.61. The Morgan fingerprint density at radius 3 is 2.50 bits per heavy atom. The molecule has 59 valence electrons. The second-order valence-electron chi connectivity index (χ2n) is 2.73. The topological polar surface area (TPSA) is 18.5 Å². The van der Waals surface area contributed by atoms with Crippen molar-refractivity contribution in [1.29, 1.82) is 0 Å². The van der Waals surface area contributed by atoms with Crippen molar-refractivity contribution in [3.8, 4) is 0 Å². The molecule has 2 heteroatoms. The first-order valence-electron chi connectivity index (χ1n) is 3.93. The van der Waals surface area contributed by atoms with Gasteiger partial charge in [0.05, 0.1) is 6.10 Å². The van der Waals surface area contributed by atoms with Crippen LogP contribution in [-0.2, 0) is 9.47 Å². The van der Waals surface area contributed by atoms with Crippen LogP contribution in [0.4, 0.5) is 0 Å². The summed E-state index contributed by atoms with van der Waals surface area (Å²) in [5, 5.41) is 0. The average molecular weight is 143 g/mol. The van der Waals surface area contributed by atoms with E-state index in [9.17, 15) is 0 Å². The van der Waals surface area contributed by atoms with Crippen LogP contribution in [-0.4, -0.2) is 13.2 Å². The van der Waals surface area contributed by atoms with Gasteiger partial charge in [-0.05, 0) is 12.8 Å². The van der Waals surface area contributed by atoms with Gasteiger partial charge in [0.1, 0.15) is 0 Å². The van der Waals surface area contributed by atoms with E-state index in [2.05, 4.69) is 0 Å². The van der Waals surface area contributed by atoms with E-state index in [4.69, 9.17) is 9.47 Å². The van der Waals surface area contributed by atoms with Crippen LogP contribution in [0.25, 0.3) is 0 Å². The molecule has 1 fully saturated rings. The van der Waals surface area contributed by atoms with Crippen LogP contribution < -0.4 is 0 Å². The molecule has 1 aliphatic carbocycles. The van der Waals surface area contributed by atoms with E-state index in [1.165, 1.54) is 38.9 Å². The standard InChI is InChI=1S/C8H15O2/c1-9-7-10-8-5-3-2-4-6-8/h7-8H,2-6H2,1H3. The van der Waals surface area contributed by atoms with E-state index in [-0.39, 0.29) is 0 Å². The van der Waals surface area contributed by atoms with Crippen LogP contribution >= 0.6 is 0 Å². The number of hydrogen-bond donors (Lipinski definition) is 0. The molecule has 2 nitrogen and oxygen atoms in total. The summed E-state index contributed by atoms with van der Waals surface area (Å²) in [4.78, 5) is 0. The Labute approximate surface area is 62.5 Å². The van der Waals surface area contributed by atoms with Crippen molar-refractivity contribution in [2.75, 3.05) is 7.11 Å². The van der Waals surface area contributed by atoms with Crippen LogP contribution in [0.3, 0.4) is 0 Å². The number of rotatable bonds is 3. The van der Waals surface area contributed by atoms with Gasteiger partial charge < -0.3 is 9.47 Å². The van der Waals surface area contributed by atoms with Crippen molar-refractivity contribution in [2.24, 2.45) is 0 Å². The maximum Gasteiger partial charge on any atom is 0.209 e. The smallest absolute Gasteiger partial charge is 0.209 e. The van der Waals surface area contributed by atoms with E-state index in [1.54, 1.807) is 7.11 Å². The SMILES string of the molecule is CO[CH]OC1CCCCC1. The van der Waals surface area contributed by atoms with Crippen molar-refractivity contribution in [1.82, 2.24) is 0 Å². The van der Waals surface area contributed by atoms with Crippen LogP contribution in [0.1, 0.15) is 32.1 Å². The minimum absolute atomic E-state index is 0.425. The molecule has 0 amide bonds. The van der Waals surface area contributed by atoms with E-state index in [0.717, 1.165) is 0 Å². The molecule has 0 unspecified atom stereocenters. The molecule has 10 heavy (non-hydrogen) atoms. The Bertz CT molecular complexity index is 77.3. The molecule has 1 aliphatic rings. The zero-order valence-corrected chi connectivity index (χ0v) is 6.51. The fourth-order valence-corrected chi connectivity index (χ4v) is 1.34. The van der Waals surface area contributed by atoms with Gasteiger partial charge in [0.2, 0.25) is 6.79 Å². The lowest BCUT2D eigenvalue weighted by Gasteiger charge is -2.20. The third-order valence-corrected chi connectivity index (χ3v) is 1.90. The first kappa shape index (κ1) is 8.02. The Morgan fingerprint density at radius 2 is 1.90 bits per heavy atom. The van der Waals surface area contributed by atoms with Crippen LogP contribution in [0.15, 0.2) is 0 Å². The molecule has 0 saturated heterocycles. The molecular weight excluding hydrogens is 128 g/mol. The van der Waals surface area contributed by atoms with Crippen LogP contribution in [0.2, 0.25) is 0 Å². The Kier molecular flexibility index (Phi) is 3.76. The molecule has 0 aliphatic heterocycles. The summed E-state index contributed by atoms with van der Waals surface area (Å²) in [5.74, 6) is 0. The lowest BCUT2D eigenvalue weighted by Crippen LogP contribution is -2.15. The van der Waals surface area contributed by atoms with Crippen molar-refractivity contribution in [2.45, 2.75) is 38.2 Å². The van der Waals surface area contributed by atoms with Gasteiger partial charge >= 0.3 is 0 Å². The summed E-state index contributed by atoms with van der Waals surface area (Å²) in [6.07, 6.45) is 6.80. The molecule has 0 bridgehead atoms. The predicted octanol–water partition coefficient (Wildman–Crippen LogP) is 2.10. The fraction of sp³-hybridized carbons (Fsp3) is 0.875. The van der Waals surface area contributed by atoms with Gasteiger partial charge in [0.15, 0.2) is 0 Å². The van der Waals surface area contributed by atoms with Gasteiger partial charge in [-0.2, -0.15) is 0 Å². The normalized spacial score (nSPS) is 21.3. The fourth-order valence-electron chi connectivity index (χ4n) is 1.34. The summed E-state index contributed by atoms with van der Waals surface area (Å²) in [6.45, 7) is 1.44. The van der Waals surface area contributed by atoms with Gasteiger partial charge in [0.25, 0.3) is 0 Å². The van der Waals surface area contributed by atoms with Gasteiger partial charge in [0, 0.05) is 7.11 Å². The average Bonchev–Trinajstić information content (AvgIpc) is 2.03. The van der Waals surface area contributed by atoms with Gasteiger partial charge in [-0.15, -0.1) is 0 Å². The first-order chi connectivity index (χ1) is 4.93. The second-order valence-corrected chi connectivity index (χ2v) is 2.73. The second kappa shape index (κ2) is 4.69. The molecule has 1 rings (SSSR count). The highest BCUT2D eigenvalue weighted by Gasteiger charge is 2.12. The van der Waals surface area contributed by atoms with Crippen molar-refractivity contribution >= 4 is 0 Å². The van der Waals surface area contributed by atoms with E-state index < -0.39 is 0 Å². The highest BCUT2D eigenvalue weighted by Crippen LogP contribution is 2.20. The molecule has 0 spiro atoms. The lowest BCUT2D eigenvalue weighted by molar-refractivity contribution is -0.0175. The van der Waals surface area contributed by atoms with Crippen LogP contribution in [0, 0.1) is 6.79 Å². The lowest BCUT2D eigenvalue weighted by atomic mass is 9.98. The molecule has 0 aromatic carbocycles. The molecule has 1 saturated carbocycles. The van der Waals surface area contributed by atoms with E-state index in [0.29, 0.717) is 6.10 Å². The summed E-state index contributed by atoms with van der Waals surface area (Å²) in [5.41, 5.74) is 0. The Morgan fingerprint density at radius 1 is 1.20 bits per heavy atom. The minimum Gasteiger partial charge on any atom is -0.351 e. The summed E-state index contributed by atoms with van der Waals surface area (Å²) >= 11 is 0. The quantitative estimate of drug-likeness (QED) is 0.602. The molecular formula is C8H15O2. The van der Waals surface area contributed by atoms with Gasteiger partial charge in [-0.1, -0.05) is 19.3 Å². The number of hydrogen-bond acceptors (Lipinski definition) is 2. The van der Waals surface area contributed by atoms with Gasteiger partial charge in [-0.3, -0.25) is 0 Å². The molecule has 0 atom stereocenters. The van der Waals surface area contributed by atoms with E-state index >= 15 is 0 Å². The maximum atomic E-state index is 5.28. The van der Waals surface area contributed by atoms with Crippen molar-refractivity contribution < 1.29 is 9.47 Å². The monoisotopic (exact) mass is 143 g/mol. The molecule has 1 radical (unpaired) electrons. The molecule has 0 aromatic rings. The molecule has 0 N–H and O–H groups in total. The molecule has 0 aromatic heterocycles. The summed E-state index contributed by atoms with van der Waals surface area (Å²) in [6, 6.07) is 0. The maximum absolute atomic E-state index is 5.28. The minimum atomic E-state index is 0.425. The Hall–Kier alpha value is -0.0800.